The van der Waals surface area contributed by atoms with Crippen molar-refractivity contribution >= 4 is 17.5 Å². The maximum absolute atomic E-state index is 12.5. The van der Waals surface area contributed by atoms with Crippen LogP contribution in [0.15, 0.2) is 48.5 Å². The molecule has 0 aromatic heterocycles. The van der Waals surface area contributed by atoms with E-state index in [-0.39, 0.29) is 11.8 Å². The zero-order chi connectivity index (χ0) is 19.9. The van der Waals surface area contributed by atoms with Crippen molar-refractivity contribution in [3.05, 3.63) is 70.2 Å². The van der Waals surface area contributed by atoms with Crippen molar-refractivity contribution in [2.45, 2.75) is 45.6 Å². The Balaban J connectivity index is 1.38. The predicted octanol–water partition coefficient (Wildman–Crippen LogP) is 5.03. The van der Waals surface area contributed by atoms with E-state index in [9.17, 15) is 4.79 Å². The maximum atomic E-state index is 12.5. The van der Waals surface area contributed by atoms with E-state index in [1.165, 1.54) is 11.1 Å². The fourth-order valence-corrected chi connectivity index (χ4v) is 3.96. The smallest absolute Gasteiger partial charge is 0.223 e. The minimum atomic E-state index is 0.130. The summed E-state index contributed by atoms with van der Waals surface area (Å²) in [5.74, 6) is 0.888. The quantitative estimate of drug-likeness (QED) is 0.709. The Hall–Kier alpha value is -1.84. The molecule has 1 heterocycles. The average molecular weight is 399 g/mol. The first-order valence-corrected chi connectivity index (χ1v) is 10.7. The second-order valence-electron chi connectivity index (χ2n) is 8.08. The summed E-state index contributed by atoms with van der Waals surface area (Å²) < 4.78 is 0. The summed E-state index contributed by atoms with van der Waals surface area (Å²) in [5, 5.41) is 3.96. The number of piperidine rings is 1. The lowest BCUT2D eigenvalue weighted by molar-refractivity contribution is -0.126. The molecule has 1 amide bonds. The van der Waals surface area contributed by atoms with E-state index < -0.39 is 0 Å². The third-order valence-electron chi connectivity index (χ3n) is 5.67. The van der Waals surface area contributed by atoms with Crippen LogP contribution in [0.25, 0.3) is 0 Å². The van der Waals surface area contributed by atoms with Crippen molar-refractivity contribution in [1.29, 1.82) is 0 Å². The molecule has 1 N–H and O–H groups in total. The molecular formula is C24H31ClN2O. The van der Waals surface area contributed by atoms with Gasteiger partial charge in [-0.1, -0.05) is 67.9 Å². The van der Waals surface area contributed by atoms with Crippen LogP contribution in [0.3, 0.4) is 0 Å². The highest BCUT2D eigenvalue weighted by molar-refractivity contribution is 6.31. The number of hydrogen-bond acceptors (Lipinski definition) is 2. The highest BCUT2D eigenvalue weighted by Gasteiger charge is 2.24. The molecule has 2 aromatic carbocycles. The molecule has 0 saturated carbocycles. The van der Waals surface area contributed by atoms with E-state index in [2.05, 4.69) is 54.4 Å². The summed E-state index contributed by atoms with van der Waals surface area (Å²) in [4.78, 5) is 14.9. The first kappa shape index (κ1) is 20.9. The van der Waals surface area contributed by atoms with E-state index in [0.29, 0.717) is 12.5 Å². The van der Waals surface area contributed by atoms with Gasteiger partial charge in [0.1, 0.15) is 0 Å². The number of carbonyl (C=O) groups excluding carboxylic acids is 1. The van der Waals surface area contributed by atoms with Crippen LogP contribution in [0.4, 0.5) is 0 Å². The zero-order valence-corrected chi connectivity index (χ0v) is 17.7. The Labute approximate surface area is 174 Å². The lowest BCUT2D eigenvalue weighted by Crippen LogP contribution is -2.40. The van der Waals surface area contributed by atoms with Crippen LogP contribution < -0.4 is 5.32 Å². The Morgan fingerprint density at radius 2 is 1.79 bits per heavy atom. The largest absolute Gasteiger partial charge is 0.356 e. The number of carbonyl (C=O) groups is 1. The normalized spacial score (nSPS) is 15.7. The number of nitrogens with one attached hydrogen (secondary N) is 1. The first-order valence-electron chi connectivity index (χ1n) is 10.3. The standard InChI is InChI=1S/C24H31ClN2O/c1-18(2)20-9-7-19(8-10-20)11-14-26-24(28)21-12-15-27(16-13-21)17-22-5-3-4-6-23(22)25/h3-10,18,21H,11-17H2,1-2H3,(H,26,28). The fourth-order valence-electron chi connectivity index (χ4n) is 3.76. The number of hydrogen-bond donors (Lipinski definition) is 1. The molecule has 0 aliphatic carbocycles. The topological polar surface area (TPSA) is 32.3 Å². The van der Waals surface area contributed by atoms with Crippen molar-refractivity contribution in [1.82, 2.24) is 10.2 Å². The minimum Gasteiger partial charge on any atom is -0.356 e. The lowest BCUT2D eigenvalue weighted by atomic mass is 9.95. The molecule has 1 fully saturated rings. The van der Waals surface area contributed by atoms with Gasteiger partial charge in [-0.2, -0.15) is 0 Å². The van der Waals surface area contributed by atoms with Gasteiger partial charge < -0.3 is 5.32 Å². The highest BCUT2D eigenvalue weighted by atomic mass is 35.5. The molecule has 1 saturated heterocycles. The van der Waals surface area contributed by atoms with Crippen LogP contribution in [0.1, 0.15) is 49.3 Å². The molecule has 4 heteroatoms. The molecule has 28 heavy (non-hydrogen) atoms. The molecule has 2 aromatic rings. The number of nitrogens with zero attached hydrogens (tertiary/aromatic N) is 1. The van der Waals surface area contributed by atoms with Gasteiger partial charge >= 0.3 is 0 Å². The van der Waals surface area contributed by atoms with Crippen LogP contribution in [0.5, 0.6) is 0 Å². The zero-order valence-electron chi connectivity index (χ0n) is 17.0. The van der Waals surface area contributed by atoms with Crippen molar-refractivity contribution in [3.63, 3.8) is 0 Å². The van der Waals surface area contributed by atoms with Crippen LogP contribution in [-0.2, 0) is 17.8 Å². The molecule has 0 unspecified atom stereocenters. The molecule has 1 aliphatic rings. The van der Waals surface area contributed by atoms with E-state index in [4.69, 9.17) is 11.6 Å². The van der Waals surface area contributed by atoms with Crippen molar-refractivity contribution in [2.24, 2.45) is 5.92 Å². The molecular weight excluding hydrogens is 368 g/mol. The van der Waals surface area contributed by atoms with Gasteiger partial charge in [0.2, 0.25) is 5.91 Å². The van der Waals surface area contributed by atoms with Gasteiger partial charge in [0.25, 0.3) is 0 Å². The van der Waals surface area contributed by atoms with Gasteiger partial charge in [-0.15, -0.1) is 0 Å². The monoisotopic (exact) mass is 398 g/mol. The average Bonchev–Trinajstić information content (AvgIpc) is 2.70. The van der Waals surface area contributed by atoms with Crippen LogP contribution in [0.2, 0.25) is 5.02 Å². The molecule has 0 spiro atoms. The van der Waals surface area contributed by atoms with Crippen LogP contribution in [0, 0.1) is 5.92 Å². The first-order chi connectivity index (χ1) is 13.5. The third-order valence-corrected chi connectivity index (χ3v) is 6.04. The molecule has 3 nitrogen and oxygen atoms in total. The molecule has 150 valence electrons. The number of halogens is 1. The summed E-state index contributed by atoms with van der Waals surface area (Å²) >= 11 is 6.26. The number of likely N-dealkylation sites (tertiary alicyclic amines) is 1. The predicted molar refractivity (Wildman–Crippen MR) is 117 cm³/mol. The van der Waals surface area contributed by atoms with Gasteiger partial charge in [-0.3, -0.25) is 9.69 Å². The molecule has 0 atom stereocenters. The Morgan fingerprint density at radius 1 is 1.11 bits per heavy atom. The molecule has 1 aliphatic heterocycles. The summed E-state index contributed by atoms with van der Waals surface area (Å²) in [6.07, 6.45) is 2.72. The van der Waals surface area contributed by atoms with E-state index >= 15 is 0 Å². The van der Waals surface area contributed by atoms with Crippen molar-refractivity contribution in [3.8, 4) is 0 Å². The van der Waals surface area contributed by atoms with Crippen LogP contribution >= 0.6 is 11.6 Å². The second kappa shape index (κ2) is 10.1. The second-order valence-corrected chi connectivity index (χ2v) is 8.49. The third kappa shape index (κ3) is 5.83. The number of benzene rings is 2. The van der Waals surface area contributed by atoms with Gasteiger partial charge in [0.05, 0.1) is 0 Å². The SMILES string of the molecule is CC(C)c1ccc(CCNC(=O)C2CCN(Cc3ccccc3Cl)CC2)cc1. The Morgan fingerprint density at radius 3 is 2.43 bits per heavy atom. The van der Waals surface area contributed by atoms with E-state index in [1.54, 1.807) is 0 Å². The fraction of sp³-hybridized carbons (Fsp3) is 0.458. The van der Waals surface area contributed by atoms with Gasteiger partial charge in [-0.25, -0.2) is 0 Å². The number of rotatable bonds is 7. The molecule has 0 bridgehead atoms. The van der Waals surface area contributed by atoms with Gasteiger partial charge in [-0.05, 0) is 61.0 Å². The van der Waals surface area contributed by atoms with Gasteiger partial charge in [0.15, 0.2) is 0 Å². The highest BCUT2D eigenvalue weighted by Crippen LogP contribution is 2.22. The van der Waals surface area contributed by atoms with E-state index in [1.807, 2.05) is 18.2 Å². The maximum Gasteiger partial charge on any atom is 0.223 e. The Bertz CT molecular complexity index is 764. The van der Waals surface area contributed by atoms with Crippen molar-refractivity contribution in [2.75, 3.05) is 19.6 Å². The van der Waals surface area contributed by atoms with Gasteiger partial charge in [0, 0.05) is 24.0 Å². The summed E-state index contributed by atoms with van der Waals surface area (Å²) in [5.41, 5.74) is 3.80. The number of amides is 1. The summed E-state index contributed by atoms with van der Waals surface area (Å²) in [6, 6.07) is 16.7. The summed E-state index contributed by atoms with van der Waals surface area (Å²) in [6.45, 7) is 7.87. The molecule has 0 radical (unpaired) electrons. The van der Waals surface area contributed by atoms with Crippen LogP contribution in [-0.4, -0.2) is 30.4 Å². The van der Waals surface area contributed by atoms with E-state index in [0.717, 1.165) is 49.5 Å². The lowest BCUT2D eigenvalue weighted by Gasteiger charge is -2.31. The minimum absolute atomic E-state index is 0.130. The molecule has 3 rings (SSSR count). The van der Waals surface area contributed by atoms with Crippen molar-refractivity contribution < 1.29 is 4.79 Å². The Kier molecular flexibility index (Phi) is 7.52. The summed E-state index contributed by atoms with van der Waals surface area (Å²) in [7, 11) is 0.